The summed E-state index contributed by atoms with van der Waals surface area (Å²) in [5, 5.41) is 9.57. The van der Waals surface area contributed by atoms with Crippen LogP contribution in [0.4, 0.5) is 13.2 Å². The molecule has 0 bridgehead atoms. The minimum absolute atomic E-state index is 0.0108. The highest BCUT2D eigenvalue weighted by molar-refractivity contribution is 7.90. The van der Waals surface area contributed by atoms with E-state index < -0.39 is 27.3 Å². The third-order valence-corrected chi connectivity index (χ3v) is 3.95. The second kappa shape index (κ2) is 5.07. The first-order chi connectivity index (χ1) is 9.59. The number of aromatic hydroxyl groups is 1. The van der Waals surface area contributed by atoms with Gasteiger partial charge in [-0.15, -0.1) is 0 Å². The molecule has 0 heterocycles. The summed E-state index contributed by atoms with van der Waals surface area (Å²) in [7, 11) is -3.65. The van der Waals surface area contributed by atoms with E-state index in [9.17, 15) is 26.7 Å². The van der Waals surface area contributed by atoms with Crippen molar-refractivity contribution < 1.29 is 26.7 Å². The van der Waals surface area contributed by atoms with Crippen molar-refractivity contribution in [3.8, 4) is 16.9 Å². The molecule has 0 unspecified atom stereocenters. The van der Waals surface area contributed by atoms with Crippen molar-refractivity contribution in [2.24, 2.45) is 0 Å². The van der Waals surface area contributed by atoms with E-state index in [1.54, 1.807) is 0 Å². The fourth-order valence-electron chi connectivity index (χ4n) is 1.93. The van der Waals surface area contributed by atoms with Crippen molar-refractivity contribution in [2.45, 2.75) is 11.1 Å². The average Bonchev–Trinajstić information content (AvgIpc) is 2.36. The van der Waals surface area contributed by atoms with Crippen LogP contribution in [0.5, 0.6) is 5.75 Å². The maximum absolute atomic E-state index is 13.0. The van der Waals surface area contributed by atoms with Crippen molar-refractivity contribution in [1.82, 2.24) is 0 Å². The van der Waals surface area contributed by atoms with Gasteiger partial charge in [0.25, 0.3) is 0 Å². The molecule has 0 aliphatic heterocycles. The van der Waals surface area contributed by atoms with E-state index in [0.29, 0.717) is 0 Å². The van der Waals surface area contributed by atoms with Gasteiger partial charge in [0, 0.05) is 6.26 Å². The molecule has 0 fully saturated rings. The van der Waals surface area contributed by atoms with Gasteiger partial charge in [-0.3, -0.25) is 0 Å². The molecule has 0 aliphatic rings. The van der Waals surface area contributed by atoms with Gasteiger partial charge in [0.1, 0.15) is 5.75 Å². The Labute approximate surface area is 119 Å². The number of hydrogen-bond acceptors (Lipinski definition) is 3. The third-order valence-electron chi connectivity index (χ3n) is 2.86. The number of alkyl halides is 3. The molecule has 7 heteroatoms. The predicted octanol–water partition coefficient (Wildman–Crippen LogP) is 3.48. The van der Waals surface area contributed by atoms with Crippen molar-refractivity contribution in [3.63, 3.8) is 0 Å². The zero-order chi connectivity index (χ0) is 15.8. The van der Waals surface area contributed by atoms with E-state index in [2.05, 4.69) is 0 Å². The molecule has 0 amide bonds. The van der Waals surface area contributed by atoms with Crippen molar-refractivity contribution >= 4 is 9.84 Å². The first-order valence-corrected chi connectivity index (χ1v) is 7.69. The van der Waals surface area contributed by atoms with Gasteiger partial charge in [0.05, 0.1) is 10.5 Å². The second-order valence-corrected chi connectivity index (χ2v) is 6.55. The minimum Gasteiger partial charge on any atom is -0.508 e. The SMILES string of the molecule is CS(=O)(=O)c1cc(O)cc(-c2ccccc2C(F)(F)F)c1. The lowest BCUT2D eigenvalue weighted by molar-refractivity contribution is -0.137. The van der Waals surface area contributed by atoms with Crippen molar-refractivity contribution in [2.75, 3.05) is 6.26 Å². The summed E-state index contributed by atoms with van der Waals surface area (Å²) >= 11 is 0. The monoisotopic (exact) mass is 316 g/mol. The maximum Gasteiger partial charge on any atom is 0.417 e. The molecule has 0 radical (unpaired) electrons. The summed E-state index contributed by atoms with van der Waals surface area (Å²) in [6.07, 6.45) is -3.66. The number of benzene rings is 2. The van der Waals surface area contributed by atoms with Crippen LogP contribution in [0.1, 0.15) is 5.56 Å². The number of rotatable bonds is 2. The largest absolute Gasteiger partial charge is 0.508 e. The Morgan fingerprint density at radius 2 is 1.67 bits per heavy atom. The molecule has 1 N–H and O–H groups in total. The smallest absolute Gasteiger partial charge is 0.417 e. The van der Waals surface area contributed by atoms with Crippen LogP contribution in [0.25, 0.3) is 11.1 Å². The molecule has 0 saturated carbocycles. The van der Waals surface area contributed by atoms with E-state index in [-0.39, 0.29) is 16.0 Å². The van der Waals surface area contributed by atoms with E-state index in [4.69, 9.17) is 0 Å². The van der Waals surface area contributed by atoms with Crippen LogP contribution in [0.3, 0.4) is 0 Å². The molecule has 0 atom stereocenters. The average molecular weight is 316 g/mol. The molecule has 2 aromatic carbocycles. The summed E-state index contributed by atoms with van der Waals surface area (Å²) in [6.45, 7) is 0. The van der Waals surface area contributed by atoms with Crippen LogP contribution in [0, 0.1) is 0 Å². The predicted molar refractivity (Wildman–Crippen MR) is 71.7 cm³/mol. The second-order valence-electron chi connectivity index (χ2n) is 4.53. The zero-order valence-corrected chi connectivity index (χ0v) is 11.7. The number of phenolic OH excluding ortho intramolecular Hbond substituents is 1. The van der Waals surface area contributed by atoms with E-state index in [1.165, 1.54) is 18.2 Å². The molecule has 0 saturated heterocycles. The lowest BCUT2D eigenvalue weighted by Gasteiger charge is -2.13. The minimum atomic E-state index is -4.58. The molecule has 0 aliphatic carbocycles. The highest BCUT2D eigenvalue weighted by Gasteiger charge is 2.33. The molecular formula is C14H11F3O3S. The van der Waals surface area contributed by atoms with Crippen LogP contribution >= 0.6 is 0 Å². The molecule has 0 aromatic heterocycles. The van der Waals surface area contributed by atoms with E-state index in [0.717, 1.165) is 30.5 Å². The molecule has 2 rings (SSSR count). The Kier molecular flexibility index (Phi) is 3.71. The van der Waals surface area contributed by atoms with Crippen molar-refractivity contribution in [1.29, 1.82) is 0 Å². The van der Waals surface area contributed by atoms with Crippen molar-refractivity contribution in [3.05, 3.63) is 48.0 Å². The van der Waals surface area contributed by atoms with Gasteiger partial charge >= 0.3 is 6.18 Å². The van der Waals surface area contributed by atoms with Gasteiger partial charge in [-0.25, -0.2) is 8.42 Å². The van der Waals surface area contributed by atoms with Crippen LogP contribution in [-0.2, 0) is 16.0 Å². The molecular weight excluding hydrogens is 305 g/mol. The summed E-state index contributed by atoms with van der Waals surface area (Å²) in [6, 6.07) is 7.98. The molecule has 0 spiro atoms. The maximum atomic E-state index is 13.0. The highest BCUT2D eigenvalue weighted by atomic mass is 32.2. The molecule has 3 nitrogen and oxygen atoms in total. The zero-order valence-electron chi connectivity index (χ0n) is 10.8. The fraction of sp³-hybridized carbons (Fsp3) is 0.143. The van der Waals surface area contributed by atoms with Crippen LogP contribution < -0.4 is 0 Å². The standard InChI is InChI=1S/C14H11F3O3S/c1-21(19,20)11-7-9(6-10(18)8-11)12-4-2-3-5-13(12)14(15,16)17/h2-8,18H,1H3. The molecule has 2 aromatic rings. The quantitative estimate of drug-likeness (QED) is 0.923. The summed E-state index contributed by atoms with van der Waals surface area (Å²) in [5.41, 5.74) is -1.09. The summed E-state index contributed by atoms with van der Waals surface area (Å²) < 4.78 is 62.0. The van der Waals surface area contributed by atoms with E-state index >= 15 is 0 Å². The lowest BCUT2D eigenvalue weighted by atomic mass is 9.99. The first-order valence-electron chi connectivity index (χ1n) is 5.80. The van der Waals surface area contributed by atoms with Crippen LogP contribution in [-0.4, -0.2) is 19.8 Å². The third kappa shape index (κ3) is 3.36. The van der Waals surface area contributed by atoms with E-state index in [1.807, 2.05) is 0 Å². The van der Waals surface area contributed by atoms with Crippen LogP contribution in [0.2, 0.25) is 0 Å². The first kappa shape index (κ1) is 15.4. The molecule has 21 heavy (non-hydrogen) atoms. The Balaban J connectivity index is 2.72. The highest BCUT2D eigenvalue weighted by Crippen LogP contribution is 2.38. The van der Waals surface area contributed by atoms with Gasteiger partial charge < -0.3 is 5.11 Å². The van der Waals surface area contributed by atoms with Gasteiger partial charge in [0.2, 0.25) is 0 Å². The topological polar surface area (TPSA) is 54.4 Å². The number of hydrogen-bond donors (Lipinski definition) is 1. The van der Waals surface area contributed by atoms with Gasteiger partial charge in [-0.2, -0.15) is 13.2 Å². The van der Waals surface area contributed by atoms with Gasteiger partial charge in [0.15, 0.2) is 9.84 Å². The Morgan fingerprint density at radius 1 is 1.05 bits per heavy atom. The Hall–Kier alpha value is -2.02. The summed E-state index contributed by atoms with van der Waals surface area (Å²) in [4.78, 5) is -0.241. The fourth-order valence-corrected chi connectivity index (χ4v) is 2.61. The number of phenols is 1. The van der Waals surface area contributed by atoms with Gasteiger partial charge in [-0.1, -0.05) is 18.2 Å². The Bertz CT molecular complexity index is 780. The number of halogens is 3. The number of sulfone groups is 1. The van der Waals surface area contributed by atoms with Gasteiger partial charge in [-0.05, 0) is 35.4 Å². The normalized spacial score (nSPS) is 12.4. The lowest BCUT2D eigenvalue weighted by Crippen LogP contribution is -2.07. The summed E-state index contributed by atoms with van der Waals surface area (Å²) in [5.74, 6) is -0.412. The molecule has 112 valence electrons. The Morgan fingerprint density at radius 3 is 2.24 bits per heavy atom. The van der Waals surface area contributed by atoms with Crippen LogP contribution in [0.15, 0.2) is 47.4 Å².